The summed E-state index contributed by atoms with van der Waals surface area (Å²) in [5.41, 5.74) is 2.58. The lowest BCUT2D eigenvalue weighted by molar-refractivity contribution is -0.137. The second kappa shape index (κ2) is 12.9. The molecule has 1 atom stereocenters. The SMILES string of the molecule is C/C(=C\c1ccc2c(c1)N(S(=O)(=O)c1cccc(C)c1)C[C@H](CCC(=O)CCCC(=O)O)O2)c1c(F)cccc1Cl. The van der Waals surface area contributed by atoms with Crippen molar-refractivity contribution >= 4 is 50.7 Å². The Balaban J connectivity index is 1.66. The number of allylic oxidation sites excluding steroid dienone is 1. The van der Waals surface area contributed by atoms with E-state index in [4.69, 9.17) is 21.4 Å². The van der Waals surface area contributed by atoms with Crippen LogP contribution in [-0.4, -0.2) is 37.9 Å². The van der Waals surface area contributed by atoms with Gasteiger partial charge in [0.1, 0.15) is 23.5 Å². The van der Waals surface area contributed by atoms with E-state index in [9.17, 15) is 22.4 Å². The first-order valence-electron chi connectivity index (χ1n) is 13.2. The molecule has 3 aromatic carbocycles. The van der Waals surface area contributed by atoms with Crippen LogP contribution in [0.4, 0.5) is 10.1 Å². The maximum atomic E-state index is 14.5. The number of rotatable bonds is 11. The number of hydrogen-bond donors (Lipinski definition) is 1. The van der Waals surface area contributed by atoms with Gasteiger partial charge in [0.25, 0.3) is 10.0 Å². The van der Waals surface area contributed by atoms with Crippen LogP contribution in [0.15, 0.2) is 65.6 Å². The van der Waals surface area contributed by atoms with Gasteiger partial charge in [-0.25, -0.2) is 12.8 Å². The summed E-state index contributed by atoms with van der Waals surface area (Å²) in [6.07, 6.45) is 1.86. The first kappa shape index (κ1) is 30.3. The van der Waals surface area contributed by atoms with Crippen molar-refractivity contribution in [3.8, 4) is 5.75 Å². The third kappa shape index (κ3) is 7.34. The van der Waals surface area contributed by atoms with Gasteiger partial charge >= 0.3 is 5.97 Å². The van der Waals surface area contributed by atoms with Gasteiger partial charge in [-0.2, -0.15) is 0 Å². The molecule has 1 aliphatic heterocycles. The van der Waals surface area contributed by atoms with Gasteiger partial charge in [0.05, 0.1) is 22.2 Å². The standard InChI is InChI=1S/C31H31ClFNO6S/c1-20-6-3-8-25(16-20)41(38,39)34-19-24(14-13-23(35)7-4-11-30(36)37)40-29-15-12-22(18-28(29)34)17-21(2)31-26(32)9-5-10-27(31)33/h3,5-6,8-10,12,15-18,24H,4,7,11,13-14,19H2,1-2H3,(H,36,37)/b21-17+/t24-/m0/s1. The van der Waals surface area contributed by atoms with Gasteiger partial charge in [-0.05, 0) is 79.8 Å². The molecule has 0 radical (unpaired) electrons. The number of Topliss-reactive ketones (excluding diaryl/α,β-unsaturated/α-hetero) is 1. The first-order valence-corrected chi connectivity index (χ1v) is 15.0. The monoisotopic (exact) mass is 599 g/mol. The summed E-state index contributed by atoms with van der Waals surface area (Å²) >= 11 is 6.24. The molecule has 216 valence electrons. The molecule has 0 fully saturated rings. The van der Waals surface area contributed by atoms with Crippen molar-refractivity contribution < 1.29 is 32.2 Å². The first-order chi connectivity index (χ1) is 19.5. The largest absolute Gasteiger partial charge is 0.486 e. The number of anilines is 1. The van der Waals surface area contributed by atoms with E-state index in [2.05, 4.69) is 0 Å². The van der Waals surface area contributed by atoms with Crippen LogP contribution in [0, 0.1) is 12.7 Å². The molecule has 0 saturated carbocycles. The van der Waals surface area contributed by atoms with E-state index >= 15 is 0 Å². The van der Waals surface area contributed by atoms with Crippen molar-refractivity contribution in [1.82, 2.24) is 0 Å². The number of aryl methyl sites for hydroxylation is 1. The van der Waals surface area contributed by atoms with E-state index in [-0.39, 0.29) is 59.9 Å². The van der Waals surface area contributed by atoms with Crippen LogP contribution in [-0.2, 0) is 19.6 Å². The van der Waals surface area contributed by atoms with Crippen LogP contribution in [0.25, 0.3) is 11.6 Å². The minimum absolute atomic E-state index is 0.0169. The highest BCUT2D eigenvalue weighted by Gasteiger charge is 2.35. The van der Waals surface area contributed by atoms with E-state index in [1.165, 1.54) is 22.5 Å². The van der Waals surface area contributed by atoms with Crippen LogP contribution >= 0.6 is 11.6 Å². The average molecular weight is 600 g/mol. The van der Waals surface area contributed by atoms with Crippen molar-refractivity contribution in [3.05, 3.63) is 88.2 Å². The third-order valence-corrected chi connectivity index (χ3v) is 8.91. The highest BCUT2D eigenvalue weighted by molar-refractivity contribution is 7.92. The van der Waals surface area contributed by atoms with E-state index in [1.54, 1.807) is 49.4 Å². The fourth-order valence-electron chi connectivity index (χ4n) is 4.78. The number of ether oxygens (including phenoxy) is 1. The van der Waals surface area contributed by atoms with Crippen molar-refractivity contribution in [2.75, 3.05) is 10.8 Å². The quantitative estimate of drug-likeness (QED) is 0.240. The van der Waals surface area contributed by atoms with Gasteiger partial charge in [-0.1, -0.05) is 41.9 Å². The molecular formula is C31H31ClFNO6S. The summed E-state index contributed by atoms with van der Waals surface area (Å²) in [6.45, 7) is 3.52. The second-order valence-electron chi connectivity index (χ2n) is 10.1. The van der Waals surface area contributed by atoms with Gasteiger partial charge < -0.3 is 9.84 Å². The van der Waals surface area contributed by atoms with E-state index < -0.39 is 27.9 Å². The molecule has 0 saturated heterocycles. The van der Waals surface area contributed by atoms with E-state index in [1.807, 2.05) is 13.0 Å². The Morgan fingerprint density at radius 3 is 2.56 bits per heavy atom. The molecule has 0 amide bonds. The fourth-order valence-corrected chi connectivity index (χ4v) is 6.70. The highest BCUT2D eigenvalue weighted by Crippen LogP contribution is 2.39. The van der Waals surface area contributed by atoms with Crippen molar-refractivity contribution in [1.29, 1.82) is 0 Å². The van der Waals surface area contributed by atoms with Gasteiger partial charge in [0.2, 0.25) is 0 Å². The van der Waals surface area contributed by atoms with Gasteiger partial charge in [0, 0.05) is 24.8 Å². The molecule has 1 aliphatic rings. The highest BCUT2D eigenvalue weighted by atomic mass is 35.5. The minimum Gasteiger partial charge on any atom is -0.486 e. The van der Waals surface area contributed by atoms with Crippen molar-refractivity contribution in [2.24, 2.45) is 0 Å². The lowest BCUT2D eigenvalue weighted by Gasteiger charge is -2.35. The van der Waals surface area contributed by atoms with Crippen molar-refractivity contribution in [3.63, 3.8) is 0 Å². The Bertz CT molecular complexity index is 1580. The Labute approximate surface area is 244 Å². The molecule has 0 aliphatic carbocycles. The number of fused-ring (bicyclic) bond motifs is 1. The molecule has 10 heteroatoms. The summed E-state index contributed by atoms with van der Waals surface area (Å²) in [5, 5.41) is 9.07. The second-order valence-corrected chi connectivity index (χ2v) is 12.3. The molecule has 0 unspecified atom stereocenters. The normalized spacial score (nSPS) is 15.3. The molecular weight excluding hydrogens is 569 g/mol. The Morgan fingerprint density at radius 2 is 1.85 bits per heavy atom. The maximum absolute atomic E-state index is 14.5. The lowest BCUT2D eigenvalue weighted by Crippen LogP contribution is -2.43. The number of ketones is 1. The van der Waals surface area contributed by atoms with Gasteiger partial charge in [-0.3, -0.25) is 13.9 Å². The number of benzene rings is 3. The zero-order chi connectivity index (χ0) is 29.7. The van der Waals surface area contributed by atoms with Gasteiger partial charge in [-0.15, -0.1) is 0 Å². The number of aliphatic carboxylic acids is 1. The average Bonchev–Trinajstić information content (AvgIpc) is 2.91. The summed E-state index contributed by atoms with van der Waals surface area (Å²) in [6, 6.07) is 16.2. The number of carbonyl (C=O) groups is 2. The summed E-state index contributed by atoms with van der Waals surface area (Å²) < 4.78 is 49.7. The van der Waals surface area contributed by atoms with Crippen LogP contribution < -0.4 is 9.04 Å². The third-order valence-electron chi connectivity index (χ3n) is 6.82. The minimum atomic E-state index is -4.00. The molecule has 4 rings (SSSR count). The zero-order valence-electron chi connectivity index (χ0n) is 22.8. The molecule has 41 heavy (non-hydrogen) atoms. The Morgan fingerprint density at radius 1 is 1.10 bits per heavy atom. The van der Waals surface area contributed by atoms with E-state index in [0.29, 0.717) is 22.6 Å². The predicted molar refractivity (Wildman–Crippen MR) is 157 cm³/mol. The fraction of sp³-hybridized carbons (Fsp3) is 0.290. The molecule has 3 aromatic rings. The Hall–Kier alpha value is -3.69. The topological polar surface area (TPSA) is 101 Å². The number of nitrogens with zero attached hydrogens (tertiary/aromatic N) is 1. The predicted octanol–water partition coefficient (Wildman–Crippen LogP) is 6.91. The number of carboxylic acids is 1. The van der Waals surface area contributed by atoms with Gasteiger partial charge in [0.15, 0.2) is 0 Å². The molecule has 1 N–H and O–H groups in total. The van der Waals surface area contributed by atoms with Crippen LogP contribution in [0.5, 0.6) is 5.75 Å². The zero-order valence-corrected chi connectivity index (χ0v) is 24.3. The number of hydrogen-bond acceptors (Lipinski definition) is 5. The molecule has 0 aromatic heterocycles. The summed E-state index contributed by atoms with van der Waals surface area (Å²) in [4.78, 5) is 23.2. The van der Waals surface area contributed by atoms with Crippen LogP contribution in [0.2, 0.25) is 5.02 Å². The maximum Gasteiger partial charge on any atom is 0.303 e. The number of carboxylic acid groups (broad SMARTS) is 1. The summed E-state index contributed by atoms with van der Waals surface area (Å²) in [7, 11) is -4.00. The molecule has 7 nitrogen and oxygen atoms in total. The molecule has 1 heterocycles. The van der Waals surface area contributed by atoms with Crippen LogP contribution in [0.3, 0.4) is 0 Å². The van der Waals surface area contributed by atoms with E-state index in [0.717, 1.165) is 5.56 Å². The number of halogens is 2. The van der Waals surface area contributed by atoms with Crippen molar-refractivity contribution in [2.45, 2.75) is 57.0 Å². The molecule has 0 spiro atoms. The summed E-state index contributed by atoms with van der Waals surface area (Å²) in [5.74, 6) is -1.17. The Kier molecular flexibility index (Phi) is 9.50. The van der Waals surface area contributed by atoms with Crippen LogP contribution in [0.1, 0.15) is 55.7 Å². The molecule has 0 bridgehead atoms. The number of carbonyl (C=O) groups excluding carboxylic acids is 1. The smallest absolute Gasteiger partial charge is 0.303 e. The lowest BCUT2D eigenvalue weighted by atomic mass is 10.0. The number of sulfonamides is 1.